The van der Waals surface area contributed by atoms with Crippen molar-refractivity contribution in [3.8, 4) is 0 Å². The van der Waals surface area contributed by atoms with Gasteiger partial charge in [-0.25, -0.2) is 4.39 Å². The standard InChI is InChI=1S/C11H12ClFN2OS/c12-10-8(6-14-7-9(10)13)11(16)15-2-1-4-17-5-3-15/h6-7H,1-5H2. The molecule has 1 aliphatic rings. The maximum Gasteiger partial charge on any atom is 0.257 e. The first kappa shape index (κ1) is 12.6. The van der Waals surface area contributed by atoms with E-state index in [1.807, 2.05) is 11.8 Å². The van der Waals surface area contributed by atoms with E-state index in [2.05, 4.69) is 4.98 Å². The molecular formula is C11H12ClFN2OS. The maximum absolute atomic E-state index is 13.2. The average molecular weight is 275 g/mol. The molecule has 1 aliphatic heterocycles. The van der Waals surface area contributed by atoms with Crippen LogP contribution in [0, 0.1) is 5.82 Å². The molecule has 0 saturated carbocycles. The van der Waals surface area contributed by atoms with E-state index in [1.54, 1.807) is 4.90 Å². The van der Waals surface area contributed by atoms with Crippen LogP contribution in [0.3, 0.4) is 0 Å². The van der Waals surface area contributed by atoms with Gasteiger partial charge in [0.05, 0.1) is 16.8 Å². The molecule has 0 N–H and O–H groups in total. The molecule has 0 aliphatic carbocycles. The third kappa shape index (κ3) is 2.90. The van der Waals surface area contributed by atoms with E-state index in [9.17, 15) is 9.18 Å². The summed E-state index contributed by atoms with van der Waals surface area (Å²) < 4.78 is 13.2. The molecule has 0 radical (unpaired) electrons. The largest absolute Gasteiger partial charge is 0.338 e. The molecule has 2 heterocycles. The Morgan fingerprint density at radius 3 is 3.06 bits per heavy atom. The van der Waals surface area contributed by atoms with E-state index in [4.69, 9.17) is 11.6 Å². The minimum atomic E-state index is -0.651. The Labute approximate surface area is 108 Å². The zero-order valence-electron chi connectivity index (χ0n) is 9.16. The van der Waals surface area contributed by atoms with Crippen molar-refractivity contribution in [1.82, 2.24) is 9.88 Å². The number of hydrogen-bond acceptors (Lipinski definition) is 3. The van der Waals surface area contributed by atoms with Crippen LogP contribution in [-0.2, 0) is 0 Å². The lowest BCUT2D eigenvalue weighted by Gasteiger charge is -2.20. The van der Waals surface area contributed by atoms with Crippen molar-refractivity contribution in [2.75, 3.05) is 24.6 Å². The molecule has 0 unspecified atom stereocenters. The van der Waals surface area contributed by atoms with Crippen LogP contribution in [0.2, 0.25) is 5.02 Å². The van der Waals surface area contributed by atoms with Crippen molar-refractivity contribution in [3.05, 3.63) is 28.8 Å². The molecule has 0 atom stereocenters. The van der Waals surface area contributed by atoms with Crippen molar-refractivity contribution in [2.45, 2.75) is 6.42 Å². The van der Waals surface area contributed by atoms with Crippen LogP contribution in [-0.4, -0.2) is 40.4 Å². The quantitative estimate of drug-likeness (QED) is 0.789. The monoisotopic (exact) mass is 274 g/mol. The highest BCUT2D eigenvalue weighted by molar-refractivity contribution is 7.99. The number of aromatic nitrogens is 1. The molecule has 17 heavy (non-hydrogen) atoms. The highest BCUT2D eigenvalue weighted by atomic mass is 35.5. The highest BCUT2D eigenvalue weighted by Gasteiger charge is 2.21. The molecule has 1 fully saturated rings. The van der Waals surface area contributed by atoms with Crippen LogP contribution in [0.25, 0.3) is 0 Å². The first-order chi connectivity index (χ1) is 8.20. The molecule has 0 spiro atoms. The van der Waals surface area contributed by atoms with Gasteiger partial charge in [-0.05, 0) is 12.2 Å². The lowest BCUT2D eigenvalue weighted by Crippen LogP contribution is -2.33. The number of halogens is 2. The molecular weight excluding hydrogens is 263 g/mol. The van der Waals surface area contributed by atoms with E-state index in [0.29, 0.717) is 13.1 Å². The Morgan fingerprint density at radius 1 is 1.41 bits per heavy atom. The van der Waals surface area contributed by atoms with Crippen LogP contribution < -0.4 is 0 Å². The van der Waals surface area contributed by atoms with E-state index in [0.717, 1.165) is 24.1 Å². The van der Waals surface area contributed by atoms with Crippen LogP contribution in [0.4, 0.5) is 4.39 Å². The van der Waals surface area contributed by atoms with Crippen molar-refractivity contribution in [1.29, 1.82) is 0 Å². The summed E-state index contributed by atoms with van der Waals surface area (Å²) in [5.41, 5.74) is 0.151. The molecule has 1 aromatic rings. The third-order valence-electron chi connectivity index (χ3n) is 2.58. The molecule has 0 aromatic carbocycles. The third-order valence-corrected chi connectivity index (χ3v) is 4.01. The van der Waals surface area contributed by atoms with Gasteiger partial charge in [0, 0.05) is 25.0 Å². The molecule has 1 aromatic heterocycles. The number of carbonyl (C=O) groups excluding carboxylic acids is 1. The summed E-state index contributed by atoms with van der Waals surface area (Å²) in [6.07, 6.45) is 3.29. The van der Waals surface area contributed by atoms with E-state index in [1.165, 1.54) is 6.20 Å². The normalized spacial score (nSPS) is 16.7. The summed E-state index contributed by atoms with van der Waals surface area (Å²) in [4.78, 5) is 17.5. The molecule has 92 valence electrons. The van der Waals surface area contributed by atoms with Gasteiger partial charge in [0.15, 0.2) is 5.82 Å². The zero-order chi connectivity index (χ0) is 12.3. The fourth-order valence-corrected chi connectivity index (χ4v) is 2.75. The zero-order valence-corrected chi connectivity index (χ0v) is 10.7. The Hall–Kier alpha value is -0.810. The predicted octanol–water partition coefficient (Wildman–Crippen LogP) is 2.45. The number of hydrogen-bond donors (Lipinski definition) is 0. The van der Waals surface area contributed by atoms with Crippen molar-refractivity contribution in [3.63, 3.8) is 0 Å². The first-order valence-electron chi connectivity index (χ1n) is 5.36. The summed E-state index contributed by atoms with van der Waals surface area (Å²) in [6.45, 7) is 1.37. The second-order valence-corrected chi connectivity index (χ2v) is 5.34. The minimum absolute atomic E-state index is 0.137. The van der Waals surface area contributed by atoms with Gasteiger partial charge in [-0.3, -0.25) is 9.78 Å². The number of thioether (sulfide) groups is 1. The number of nitrogens with zero attached hydrogens (tertiary/aromatic N) is 2. The fraction of sp³-hybridized carbons (Fsp3) is 0.455. The summed E-state index contributed by atoms with van der Waals surface area (Å²) in [6, 6.07) is 0. The highest BCUT2D eigenvalue weighted by Crippen LogP contribution is 2.21. The topological polar surface area (TPSA) is 33.2 Å². The van der Waals surface area contributed by atoms with Crippen molar-refractivity contribution >= 4 is 29.3 Å². The van der Waals surface area contributed by atoms with Crippen molar-refractivity contribution < 1.29 is 9.18 Å². The Balaban J connectivity index is 2.20. The number of carbonyl (C=O) groups is 1. The lowest BCUT2D eigenvalue weighted by atomic mass is 10.2. The number of pyridine rings is 1. The molecule has 2 rings (SSSR count). The summed E-state index contributed by atoms with van der Waals surface area (Å²) in [5, 5.41) is -0.137. The van der Waals surface area contributed by atoms with E-state index in [-0.39, 0.29) is 16.5 Å². The summed E-state index contributed by atoms with van der Waals surface area (Å²) >= 11 is 7.60. The Morgan fingerprint density at radius 2 is 2.24 bits per heavy atom. The van der Waals surface area contributed by atoms with Gasteiger partial charge in [-0.15, -0.1) is 0 Å². The van der Waals surface area contributed by atoms with Crippen LogP contribution in [0.1, 0.15) is 16.8 Å². The van der Waals surface area contributed by atoms with E-state index >= 15 is 0 Å². The molecule has 6 heteroatoms. The predicted molar refractivity (Wildman–Crippen MR) is 67.1 cm³/mol. The SMILES string of the molecule is O=C(c1cncc(F)c1Cl)N1CCCSCC1. The van der Waals surface area contributed by atoms with Crippen LogP contribution in [0.5, 0.6) is 0 Å². The Bertz CT molecular complexity index is 422. The van der Waals surface area contributed by atoms with Crippen LogP contribution >= 0.6 is 23.4 Å². The van der Waals surface area contributed by atoms with Gasteiger partial charge >= 0.3 is 0 Å². The molecule has 1 amide bonds. The van der Waals surface area contributed by atoms with Gasteiger partial charge in [0.2, 0.25) is 0 Å². The second kappa shape index (κ2) is 5.69. The Kier molecular flexibility index (Phi) is 4.23. The van der Waals surface area contributed by atoms with E-state index < -0.39 is 5.82 Å². The number of rotatable bonds is 1. The lowest BCUT2D eigenvalue weighted by molar-refractivity contribution is 0.0768. The fourth-order valence-electron chi connectivity index (χ4n) is 1.69. The number of amides is 1. The molecule has 1 saturated heterocycles. The summed E-state index contributed by atoms with van der Waals surface area (Å²) in [7, 11) is 0. The van der Waals surface area contributed by atoms with Gasteiger partial charge in [-0.2, -0.15) is 11.8 Å². The first-order valence-corrected chi connectivity index (χ1v) is 6.89. The van der Waals surface area contributed by atoms with Gasteiger partial charge in [0.1, 0.15) is 0 Å². The van der Waals surface area contributed by atoms with Gasteiger partial charge in [-0.1, -0.05) is 11.6 Å². The van der Waals surface area contributed by atoms with Gasteiger partial charge < -0.3 is 4.90 Å². The second-order valence-electron chi connectivity index (χ2n) is 3.74. The maximum atomic E-state index is 13.2. The molecule has 3 nitrogen and oxygen atoms in total. The average Bonchev–Trinajstić information content (AvgIpc) is 2.60. The summed E-state index contributed by atoms with van der Waals surface area (Å²) in [5.74, 6) is 1.08. The molecule has 0 bridgehead atoms. The smallest absolute Gasteiger partial charge is 0.257 e. The van der Waals surface area contributed by atoms with Crippen LogP contribution in [0.15, 0.2) is 12.4 Å². The minimum Gasteiger partial charge on any atom is -0.338 e. The van der Waals surface area contributed by atoms with Gasteiger partial charge in [0.25, 0.3) is 5.91 Å². The van der Waals surface area contributed by atoms with Crippen molar-refractivity contribution in [2.24, 2.45) is 0 Å².